The van der Waals surface area contributed by atoms with E-state index in [1.165, 1.54) is 0 Å². The summed E-state index contributed by atoms with van der Waals surface area (Å²) in [6.45, 7) is 2.15. The molecule has 0 unspecified atom stereocenters. The van der Waals surface area contributed by atoms with Crippen molar-refractivity contribution in [2.45, 2.75) is 13.3 Å². The highest BCUT2D eigenvalue weighted by atomic mass is 79.9. The number of esters is 1. The van der Waals surface area contributed by atoms with E-state index in [0.717, 1.165) is 4.47 Å². The predicted octanol–water partition coefficient (Wildman–Crippen LogP) is 2.15. The van der Waals surface area contributed by atoms with Crippen molar-refractivity contribution in [3.05, 3.63) is 28.5 Å². The van der Waals surface area contributed by atoms with Gasteiger partial charge in [0.1, 0.15) is 12.1 Å². The number of pyridine rings is 1. The summed E-state index contributed by atoms with van der Waals surface area (Å²) >= 11 is 3.27. The first-order chi connectivity index (χ1) is 7.22. The summed E-state index contributed by atoms with van der Waals surface area (Å²) in [5.74, 6) is 5.18. The lowest BCUT2D eigenvalue weighted by Gasteiger charge is -1.94. The number of carbonyl (C=O) groups excluding carboxylic acids is 1. The first-order valence-electron chi connectivity index (χ1n) is 4.48. The van der Waals surface area contributed by atoms with E-state index in [2.05, 4.69) is 32.8 Å². The lowest BCUT2D eigenvalue weighted by molar-refractivity contribution is -0.141. The molecule has 1 rings (SSSR count). The molecule has 0 aromatic carbocycles. The van der Waals surface area contributed by atoms with Gasteiger partial charge in [0.15, 0.2) is 0 Å². The summed E-state index contributed by atoms with van der Waals surface area (Å²) in [6.07, 6.45) is 1.76. The van der Waals surface area contributed by atoms with Gasteiger partial charge in [0.2, 0.25) is 0 Å². The minimum atomic E-state index is -0.304. The van der Waals surface area contributed by atoms with Crippen LogP contribution < -0.4 is 0 Å². The third-order valence-corrected chi connectivity index (χ3v) is 1.95. The van der Waals surface area contributed by atoms with Gasteiger partial charge >= 0.3 is 5.97 Å². The highest BCUT2D eigenvalue weighted by Crippen LogP contribution is 2.06. The average Bonchev–Trinajstić information content (AvgIpc) is 2.21. The van der Waals surface area contributed by atoms with Gasteiger partial charge in [-0.2, -0.15) is 0 Å². The van der Waals surface area contributed by atoms with E-state index >= 15 is 0 Å². The molecule has 0 aliphatic heterocycles. The standard InChI is InChI=1S/C11H10BrNO2/c1-2-15-11(14)5-3-4-10-7-6-9(12)8-13-10/h6-8H,2,5H2,1H3. The number of hydrogen-bond donors (Lipinski definition) is 0. The van der Waals surface area contributed by atoms with Crippen LogP contribution in [0.1, 0.15) is 19.0 Å². The van der Waals surface area contributed by atoms with Crippen molar-refractivity contribution in [1.82, 2.24) is 4.98 Å². The molecule has 0 N–H and O–H groups in total. The van der Waals surface area contributed by atoms with Gasteiger partial charge in [0.05, 0.1) is 6.61 Å². The van der Waals surface area contributed by atoms with Crippen molar-refractivity contribution in [2.75, 3.05) is 6.61 Å². The Morgan fingerprint density at radius 1 is 1.60 bits per heavy atom. The van der Waals surface area contributed by atoms with E-state index in [4.69, 9.17) is 4.74 Å². The maximum Gasteiger partial charge on any atom is 0.317 e. The maximum atomic E-state index is 10.9. The van der Waals surface area contributed by atoms with Crippen LogP contribution in [0.15, 0.2) is 22.8 Å². The van der Waals surface area contributed by atoms with Crippen molar-refractivity contribution >= 4 is 21.9 Å². The van der Waals surface area contributed by atoms with E-state index in [1.54, 1.807) is 19.2 Å². The molecule has 0 amide bonds. The molecule has 0 radical (unpaired) electrons. The van der Waals surface area contributed by atoms with E-state index in [1.807, 2.05) is 6.07 Å². The van der Waals surface area contributed by atoms with Crippen LogP contribution >= 0.6 is 15.9 Å². The van der Waals surface area contributed by atoms with E-state index in [0.29, 0.717) is 12.3 Å². The third-order valence-electron chi connectivity index (χ3n) is 1.48. The van der Waals surface area contributed by atoms with Gasteiger partial charge in [-0.25, -0.2) is 4.98 Å². The van der Waals surface area contributed by atoms with Crippen LogP contribution in [0.4, 0.5) is 0 Å². The molecule has 0 fully saturated rings. The van der Waals surface area contributed by atoms with Crippen LogP contribution in [0.3, 0.4) is 0 Å². The highest BCUT2D eigenvalue weighted by Gasteiger charge is 1.96. The Kier molecular flexibility index (Phi) is 4.85. The van der Waals surface area contributed by atoms with E-state index in [9.17, 15) is 4.79 Å². The highest BCUT2D eigenvalue weighted by molar-refractivity contribution is 9.10. The minimum absolute atomic E-state index is 0.103. The molecule has 1 aromatic rings. The van der Waals surface area contributed by atoms with Crippen LogP contribution in [-0.4, -0.2) is 17.6 Å². The van der Waals surface area contributed by atoms with Crippen LogP contribution in [0.5, 0.6) is 0 Å². The summed E-state index contributed by atoms with van der Waals surface area (Å²) < 4.78 is 5.63. The molecular weight excluding hydrogens is 258 g/mol. The van der Waals surface area contributed by atoms with Crippen LogP contribution in [-0.2, 0) is 9.53 Å². The normalized spacial score (nSPS) is 8.93. The number of ether oxygens (including phenoxy) is 1. The second kappa shape index (κ2) is 6.20. The van der Waals surface area contributed by atoms with Gasteiger partial charge in [-0.1, -0.05) is 5.92 Å². The molecule has 78 valence electrons. The third kappa shape index (κ3) is 4.61. The Hall–Kier alpha value is -1.34. The Labute approximate surface area is 97.0 Å². The predicted molar refractivity (Wildman–Crippen MR) is 60.1 cm³/mol. The maximum absolute atomic E-state index is 10.9. The van der Waals surface area contributed by atoms with Gasteiger partial charge < -0.3 is 4.74 Å². The van der Waals surface area contributed by atoms with Gasteiger partial charge in [0, 0.05) is 10.7 Å². The number of halogens is 1. The second-order valence-electron chi connectivity index (χ2n) is 2.65. The molecule has 0 saturated heterocycles. The van der Waals surface area contributed by atoms with Crippen molar-refractivity contribution in [3.63, 3.8) is 0 Å². The first kappa shape index (κ1) is 11.7. The van der Waals surface area contributed by atoms with Crippen molar-refractivity contribution in [1.29, 1.82) is 0 Å². The summed E-state index contributed by atoms with van der Waals surface area (Å²) in [6, 6.07) is 3.63. The number of carbonyl (C=O) groups is 1. The second-order valence-corrected chi connectivity index (χ2v) is 3.56. The number of rotatable bonds is 2. The average molecular weight is 268 g/mol. The van der Waals surface area contributed by atoms with Crippen LogP contribution in [0.2, 0.25) is 0 Å². The van der Waals surface area contributed by atoms with Crippen molar-refractivity contribution in [3.8, 4) is 11.8 Å². The number of nitrogens with zero attached hydrogens (tertiary/aromatic N) is 1. The van der Waals surface area contributed by atoms with E-state index in [-0.39, 0.29) is 12.4 Å². The fourth-order valence-electron chi connectivity index (χ4n) is 0.869. The lowest BCUT2D eigenvalue weighted by Crippen LogP contribution is -2.01. The smallest absolute Gasteiger partial charge is 0.317 e. The van der Waals surface area contributed by atoms with Gasteiger partial charge in [-0.05, 0) is 40.9 Å². The molecule has 0 aliphatic carbocycles. The topological polar surface area (TPSA) is 39.2 Å². The Balaban J connectivity index is 2.51. The molecular formula is C11H10BrNO2. The molecule has 1 aromatic heterocycles. The lowest BCUT2D eigenvalue weighted by atomic mass is 10.3. The van der Waals surface area contributed by atoms with Gasteiger partial charge in [-0.3, -0.25) is 4.79 Å². The van der Waals surface area contributed by atoms with Crippen molar-refractivity contribution < 1.29 is 9.53 Å². The zero-order chi connectivity index (χ0) is 11.1. The zero-order valence-electron chi connectivity index (χ0n) is 8.29. The Morgan fingerprint density at radius 2 is 2.40 bits per heavy atom. The Morgan fingerprint density at radius 3 is 3.00 bits per heavy atom. The zero-order valence-corrected chi connectivity index (χ0v) is 9.87. The first-order valence-corrected chi connectivity index (χ1v) is 5.27. The molecule has 0 aliphatic rings. The minimum Gasteiger partial charge on any atom is -0.465 e. The summed E-state index contributed by atoms with van der Waals surface area (Å²) in [5, 5.41) is 0. The largest absolute Gasteiger partial charge is 0.465 e. The van der Waals surface area contributed by atoms with Crippen molar-refractivity contribution in [2.24, 2.45) is 0 Å². The molecule has 1 heterocycles. The quantitative estimate of drug-likeness (QED) is 0.609. The van der Waals surface area contributed by atoms with Gasteiger partial charge in [0.25, 0.3) is 0 Å². The van der Waals surface area contributed by atoms with Crippen LogP contribution in [0, 0.1) is 11.8 Å². The summed E-state index contributed by atoms with van der Waals surface area (Å²) in [5.41, 5.74) is 0.641. The monoisotopic (exact) mass is 267 g/mol. The molecule has 4 heteroatoms. The van der Waals surface area contributed by atoms with Crippen LogP contribution in [0.25, 0.3) is 0 Å². The SMILES string of the molecule is CCOC(=O)CC#Cc1ccc(Br)cn1. The molecule has 3 nitrogen and oxygen atoms in total. The summed E-state index contributed by atoms with van der Waals surface area (Å²) in [4.78, 5) is 15.0. The summed E-state index contributed by atoms with van der Waals surface area (Å²) in [7, 11) is 0. The molecule has 0 saturated carbocycles. The van der Waals surface area contributed by atoms with E-state index < -0.39 is 0 Å². The molecule has 0 spiro atoms. The molecule has 0 atom stereocenters. The molecule has 15 heavy (non-hydrogen) atoms. The fourth-order valence-corrected chi connectivity index (χ4v) is 1.10. The Bertz CT molecular complexity index is 389. The number of aromatic nitrogens is 1. The van der Waals surface area contributed by atoms with Gasteiger partial charge in [-0.15, -0.1) is 0 Å². The molecule has 0 bridgehead atoms. The fraction of sp³-hybridized carbons (Fsp3) is 0.273. The number of hydrogen-bond acceptors (Lipinski definition) is 3.